The minimum absolute atomic E-state index is 0. The van der Waals surface area contributed by atoms with E-state index in [0.717, 1.165) is 38.3 Å². The van der Waals surface area contributed by atoms with Gasteiger partial charge in [-0.2, -0.15) is 0 Å². The molecular weight excluding hydrogens is 260 g/mol. The molecule has 1 aliphatic heterocycles. The fourth-order valence-corrected chi connectivity index (χ4v) is 2.51. The molecule has 1 fully saturated rings. The zero-order valence-electron chi connectivity index (χ0n) is 11.9. The minimum atomic E-state index is 0. The molecule has 108 valence electrons. The fraction of sp³-hybridized carbons (Fsp3) is 0.600. The monoisotopic (exact) mass is 284 g/mol. The Bertz CT molecular complexity index is 376. The second-order valence-electron chi connectivity index (χ2n) is 4.87. The lowest BCUT2D eigenvalue weighted by Gasteiger charge is -2.21. The SMILES string of the molecule is CCc1cc(OC)ccc1CN1CCCNCC1.Cl. The molecule has 3 nitrogen and oxygen atoms in total. The first-order valence-corrected chi connectivity index (χ1v) is 6.92. The van der Waals surface area contributed by atoms with E-state index in [2.05, 4.69) is 35.3 Å². The zero-order chi connectivity index (χ0) is 12.8. The molecule has 1 aromatic rings. The summed E-state index contributed by atoms with van der Waals surface area (Å²) in [6.45, 7) is 7.88. The van der Waals surface area contributed by atoms with Crippen molar-refractivity contribution in [2.24, 2.45) is 0 Å². The Morgan fingerprint density at radius 1 is 1.21 bits per heavy atom. The van der Waals surface area contributed by atoms with Crippen LogP contribution in [-0.4, -0.2) is 38.2 Å². The molecule has 1 heterocycles. The molecule has 1 N–H and O–H groups in total. The molecule has 0 amide bonds. The number of methoxy groups -OCH3 is 1. The average Bonchev–Trinajstić information content (AvgIpc) is 2.68. The van der Waals surface area contributed by atoms with Crippen LogP contribution in [0.15, 0.2) is 18.2 Å². The number of nitrogens with one attached hydrogen (secondary N) is 1. The lowest BCUT2D eigenvalue weighted by atomic mass is 10.0. The van der Waals surface area contributed by atoms with E-state index in [1.165, 1.54) is 24.1 Å². The van der Waals surface area contributed by atoms with Gasteiger partial charge in [0.05, 0.1) is 7.11 Å². The van der Waals surface area contributed by atoms with Gasteiger partial charge in [0.25, 0.3) is 0 Å². The third-order valence-corrected chi connectivity index (χ3v) is 3.62. The van der Waals surface area contributed by atoms with Crippen molar-refractivity contribution >= 4 is 12.4 Å². The van der Waals surface area contributed by atoms with E-state index < -0.39 is 0 Å². The van der Waals surface area contributed by atoms with Gasteiger partial charge in [-0.3, -0.25) is 4.90 Å². The van der Waals surface area contributed by atoms with E-state index in [4.69, 9.17) is 4.74 Å². The molecule has 4 heteroatoms. The largest absolute Gasteiger partial charge is 0.497 e. The van der Waals surface area contributed by atoms with Crippen LogP contribution in [0.1, 0.15) is 24.5 Å². The maximum Gasteiger partial charge on any atom is 0.119 e. The molecular formula is C15H25ClN2O. The molecule has 0 radical (unpaired) electrons. The third kappa shape index (κ3) is 4.68. The van der Waals surface area contributed by atoms with E-state index in [9.17, 15) is 0 Å². The Morgan fingerprint density at radius 3 is 2.79 bits per heavy atom. The Labute approximate surface area is 122 Å². The lowest BCUT2D eigenvalue weighted by Crippen LogP contribution is -2.28. The van der Waals surface area contributed by atoms with Crippen molar-refractivity contribution in [1.29, 1.82) is 0 Å². The number of halogens is 1. The number of hydrogen-bond donors (Lipinski definition) is 1. The van der Waals surface area contributed by atoms with E-state index in [1.807, 2.05) is 0 Å². The van der Waals surface area contributed by atoms with Crippen LogP contribution >= 0.6 is 12.4 Å². The topological polar surface area (TPSA) is 24.5 Å². The summed E-state index contributed by atoms with van der Waals surface area (Å²) in [5, 5.41) is 3.45. The van der Waals surface area contributed by atoms with Gasteiger partial charge >= 0.3 is 0 Å². The standard InChI is InChI=1S/C15H24N2O.ClH/c1-3-13-11-15(18-2)6-5-14(13)12-17-9-4-7-16-8-10-17;/h5-6,11,16H,3-4,7-10,12H2,1-2H3;1H. The molecule has 0 aliphatic carbocycles. The van der Waals surface area contributed by atoms with Gasteiger partial charge in [-0.25, -0.2) is 0 Å². The first-order valence-electron chi connectivity index (χ1n) is 6.92. The summed E-state index contributed by atoms with van der Waals surface area (Å²) in [5.74, 6) is 0.966. The zero-order valence-corrected chi connectivity index (χ0v) is 12.8. The number of hydrogen-bond acceptors (Lipinski definition) is 3. The summed E-state index contributed by atoms with van der Waals surface area (Å²) in [4.78, 5) is 2.54. The number of aryl methyl sites for hydroxylation is 1. The summed E-state index contributed by atoms with van der Waals surface area (Å²) in [6.07, 6.45) is 2.32. The van der Waals surface area contributed by atoms with Crippen molar-refractivity contribution in [2.45, 2.75) is 26.3 Å². The van der Waals surface area contributed by atoms with Gasteiger partial charge < -0.3 is 10.1 Å². The van der Waals surface area contributed by atoms with Crippen molar-refractivity contribution in [3.8, 4) is 5.75 Å². The van der Waals surface area contributed by atoms with Crippen molar-refractivity contribution < 1.29 is 4.74 Å². The van der Waals surface area contributed by atoms with Crippen LogP contribution in [0.5, 0.6) is 5.75 Å². The van der Waals surface area contributed by atoms with Crippen molar-refractivity contribution in [3.63, 3.8) is 0 Å². The highest BCUT2D eigenvalue weighted by Gasteiger charge is 2.11. The second kappa shape index (κ2) is 8.41. The van der Waals surface area contributed by atoms with E-state index in [0.29, 0.717) is 0 Å². The Kier molecular flexibility index (Phi) is 7.21. The first kappa shape index (κ1) is 16.3. The van der Waals surface area contributed by atoms with E-state index in [-0.39, 0.29) is 12.4 Å². The molecule has 0 saturated carbocycles. The maximum absolute atomic E-state index is 5.30. The van der Waals surface area contributed by atoms with E-state index >= 15 is 0 Å². The summed E-state index contributed by atoms with van der Waals surface area (Å²) < 4.78 is 5.30. The number of nitrogens with zero attached hydrogens (tertiary/aromatic N) is 1. The summed E-state index contributed by atoms with van der Waals surface area (Å²) >= 11 is 0. The van der Waals surface area contributed by atoms with Crippen LogP contribution < -0.4 is 10.1 Å². The number of rotatable bonds is 4. The predicted octanol–water partition coefficient (Wildman–Crippen LogP) is 2.47. The number of benzene rings is 1. The first-order chi connectivity index (χ1) is 8.83. The summed E-state index contributed by atoms with van der Waals surface area (Å²) in [7, 11) is 1.73. The molecule has 1 saturated heterocycles. The Hall–Kier alpha value is -0.770. The highest BCUT2D eigenvalue weighted by Crippen LogP contribution is 2.20. The molecule has 1 aliphatic rings. The van der Waals surface area contributed by atoms with Crippen LogP contribution in [-0.2, 0) is 13.0 Å². The van der Waals surface area contributed by atoms with Gasteiger partial charge in [0.2, 0.25) is 0 Å². The van der Waals surface area contributed by atoms with Crippen LogP contribution in [0.4, 0.5) is 0 Å². The van der Waals surface area contributed by atoms with Gasteiger partial charge in [-0.1, -0.05) is 13.0 Å². The van der Waals surface area contributed by atoms with Gasteiger partial charge in [-0.15, -0.1) is 12.4 Å². The molecule has 0 aromatic heterocycles. The van der Waals surface area contributed by atoms with Gasteiger partial charge in [0.1, 0.15) is 5.75 Å². The fourth-order valence-electron chi connectivity index (χ4n) is 2.51. The maximum atomic E-state index is 5.30. The Morgan fingerprint density at radius 2 is 2.05 bits per heavy atom. The Balaban J connectivity index is 0.00000180. The summed E-state index contributed by atoms with van der Waals surface area (Å²) in [6, 6.07) is 6.46. The van der Waals surface area contributed by atoms with Crippen LogP contribution in [0, 0.1) is 0 Å². The van der Waals surface area contributed by atoms with Crippen LogP contribution in [0.3, 0.4) is 0 Å². The quantitative estimate of drug-likeness (QED) is 0.919. The van der Waals surface area contributed by atoms with Crippen molar-refractivity contribution in [1.82, 2.24) is 10.2 Å². The molecule has 19 heavy (non-hydrogen) atoms. The predicted molar refractivity (Wildman–Crippen MR) is 82.4 cm³/mol. The highest BCUT2D eigenvalue weighted by atomic mass is 35.5. The van der Waals surface area contributed by atoms with Crippen LogP contribution in [0.25, 0.3) is 0 Å². The average molecular weight is 285 g/mol. The van der Waals surface area contributed by atoms with Gasteiger partial charge in [0, 0.05) is 19.6 Å². The number of ether oxygens (including phenoxy) is 1. The molecule has 0 atom stereocenters. The smallest absolute Gasteiger partial charge is 0.119 e. The van der Waals surface area contributed by atoms with E-state index in [1.54, 1.807) is 7.11 Å². The molecule has 1 aromatic carbocycles. The van der Waals surface area contributed by atoms with Gasteiger partial charge in [0.15, 0.2) is 0 Å². The summed E-state index contributed by atoms with van der Waals surface area (Å²) in [5.41, 5.74) is 2.85. The molecule has 0 spiro atoms. The second-order valence-corrected chi connectivity index (χ2v) is 4.87. The van der Waals surface area contributed by atoms with Crippen molar-refractivity contribution in [2.75, 3.05) is 33.3 Å². The molecule has 0 unspecified atom stereocenters. The third-order valence-electron chi connectivity index (χ3n) is 3.62. The lowest BCUT2D eigenvalue weighted by molar-refractivity contribution is 0.283. The normalized spacial score (nSPS) is 16.5. The minimum Gasteiger partial charge on any atom is -0.497 e. The molecule has 0 bridgehead atoms. The van der Waals surface area contributed by atoms with Crippen molar-refractivity contribution in [3.05, 3.63) is 29.3 Å². The highest BCUT2D eigenvalue weighted by molar-refractivity contribution is 5.85. The molecule has 2 rings (SSSR count). The van der Waals surface area contributed by atoms with Crippen LogP contribution in [0.2, 0.25) is 0 Å². The van der Waals surface area contributed by atoms with Gasteiger partial charge in [-0.05, 0) is 49.2 Å².